The number of thiophene rings is 1. The van der Waals surface area contributed by atoms with Crippen molar-refractivity contribution in [2.45, 2.75) is 39.7 Å². The van der Waals surface area contributed by atoms with Gasteiger partial charge in [-0.3, -0.25) is 4.79 Å². The lowest BCUT2D eigenvalue weighted by atomic mass is 9.99. The molecule has 0 spiro atoms. The van der Waals surface area contributed by atoms with Crippen LogP contribution in [-0.4, -0.2) is 5.91 Å². The van der Waals surface area contributed by atoms with Crippen LogP contribution in [0.3, 0.4) is 0 Å². The third-order valence-electron chi connectivity index (χ3n) is 3.71. The van der Waals surface area contributed by atoms with Crippen LogP contribution in [0.2, 0.25) is 0 Å². The summed E-state index contributed by atoms with van der Waals surface area (Å²) < 4.78 is 0. The monoisotopic (exact) mass is 302 g/mol. The molecule has 1 heterocycles. The summed E-state index contributed by atoms with van der Waals surface area (Å²) in [5.74, 6) is -0.188. The second-order valence-corrected chi connectivity index (χ2v) is 6.95. The summed E-state index contributed by atoms with van der Waals surface area (Å²) in [6.45, 7) is 8.11. The van der Waals surface area contributed by atoms with Gasteiger partial charge in [-0.15, -0.1) is 11.3 Å². The highest BCUT2D eigenvalue weighted by Crippen LogP contribution is 2.27. The van der Waals surface area contributed by atoms with Gasteiger partial charge in [0.1, 0.15) is 0 Å². The Morgan fingerprint density at radius 2 is 1.95 bits per heavy atom. The van der Waals surface area contributed by atoms with E-state index in [-0.39, 0.29) is 17.9 Å². The molecule has 2 aromatic rings. The van der Waals surface area contributed by atoms with Crippen molar-refractivity contribution in [3.63, 3.8) is 0 Å². The van der Waals surface area contributed by atoms with Gasteiger partial charge in [-0.05, 0) is 57.0 Å². The van der Waals surface area contributed by atoms with Crippen molar-refractivity contribution in [1.29, 1.82) is 0 Å². The van der Waals surface area contributed by atoms with E-state index in [4.69, 9.17) is 5.73 Å². The van der Waals surface area contributed by atoms with Crippen LogP contribution >= 0.6 is 11.3 Å². The van der Waals surface area contributed by atoms with Crippen LogP contribution in [0.1, 0.15) is 46.7 Å². The summed E-state index contributed by atoms with van der Waals surface area (Å²) in [6.07, 6.45) is 0. The summed E-state index contributed by atoms with van der Waals surface area (Å²) >= 11 is 1.76. The van der Waals surface area contributed by atoms with Gasteiger partial charge in [-0.1, -0.05) is 12.1 Å². The number of amides is 1. The van der Waals surface area contributed by atoms with E-state index in [1.54, 1.807) is 11.3 Å². The maximum atomic E-state index is 12.4. The number of nitrogen functional groups attached to an aromatic ring is 1. The molecule has 3 nitrogen and oxygen atoms in total. The fourth-order valence-corrected chi connectivity index (χ4v) is 3.50. The first-order chi connectivity index (χ1) is 9.88. The third-order valence-corrected chi connectivity index (χ3v) is 4.69. The molecular formula is C17H22N2OS. The number of carbonyl (C=O) groups is 1. The Kier molecular flexibility index (Phi) is 4.68. The second kappa shape index (κ2) is 6.31. The Bertz CT molecular complexity index is 648. The van der Waals surface area contributed by atoms with E-state index >= 15 is 0 Å². The van der Waals surface area contributed by atoms with Gasteiger partial charge in [0, 0.05) is 15.4 Å². The number of rotatable bonds is 4. The van der Waals surface area contributed by atoms with Crippen molar-refractivity contribution < 1.29 is 4.79 Å². The molecule has 0 aliphatic heterocycles. The normalized spacial score (nSPS) is 13.7. The number of hydrogen-bond acceptors (Lipinski definition) is 3. The van der Waals surface area contributed by atoms with Crippen molar-refractivity contribution in [1.82, 2.24) is 5.32 Å². The summed E-state index contributed by atoms with van der Waals surface area (Å²) in [6, 6.07) is 9.67. The quantitative estimate of drug-likeness (QED) is 0.841. The van der Waals surface area contributed by atoms with Gasteiger partial charge in [0.25, 0.3) is 0 Å². The fraction of sp³-hybridized carbons (Fsp3) is 0.353. The average molecular weight is 302 g/mol. The van der Waals surface area contributed by atoms with Crippen LogP contribution in [0.5, 0.6) is 0 Å². The molecule has 3 N–H and O–H groups in total. The zero-order valence-electron chi connectivity index (χ0n) is 12.9. The lowest BCUT2D eigenvalue weighted by molar-refractivity contribution is -0.122. The van der Waals surface area contributed by atoms with E-state index in [2.05, 4.69) is 25.2 Å². The number of aryl methyl sites for hydroxylation is 2. The molecule has 4 heteroatoms. The molecule has 2 rings (SSSR count). The highest BCUT2D eigenvalue weighted by Gasteiger charge is 2.19. The van der Waals surface area contributed by atoms with Gasteiger partial charge in [0.2, 0.25) is 5.91 Å². The highest BCUT2D eigenvalue weighted by atomic mass is 32.1. The number of benzene rings is 1. The average Bonchev–Trinajstić information content (AvgIpc) is 2.76. The number of hydrogen-bond donors (Lipinski definition) is 2. The van der Waals surface area contributed by atoms with E-state index in [0.717, 1.165) is 5.56 Å². The molecule has 2 atom stereocenters. The maximum absolute atomic E-state index is 12.4. The van der Waals surface area contributed by atoms with Crippen LogP contribution in [0.4, 0.5) is 5.69 Å². The molecule has 1 aromatic carbocycles. The Labute approximate surface area is 130 Å². The molecule has 0 aliphatic carbocycles. The predicted molar refractivity (Wildman–Crippen MR) is 89.6 cm³/mol. The zero-order chi connectivity index (χ0) is 15.6. The molecular weight excluding hydrogens is 280 g/mol. The molecule has 1 amide bonds. The van der Waals surface area contributed by atoms with Crippen molar-refractivity contribution >= 4 is 22.9 Å². The molecule has 0 aliphatic rings. The Hall–Kier alpha value is -1.81. The first kappa shape index (κ1) is 15.6. The van der Waals surface area contributed by atoms with E-state index in [9.17, 15) is 4.79 Å². The standard InChI is InChI=1S/C17H22N2OS/c1-10-8-16(13(4)21-10)12(3)19-17(20)11(2)14-6-5-7-15(18)9-14/h5-9,11-12H,18H2,1-4H3,(H,19,20). The van der Waals surface area contributed by atoms with Gasteiger partial charge in [-0.2, -0.15) is 0 Å². The van der Waals surface area contributed by atoms with Crippen LogP contribution in [-0.2, 0) is 4.79 Å². The molecule has 0 bridgehead atoms. The van der Waals surface area contributed by atoms with Crippen molar-refractivity contribution in [2.24, 2.45) is 0 Å². The lowest BCUT2D eigenvalue weighted by Crippen LogP contribution is -2.30. The van der Waals surface area contributed by atoms with Crippen molar-refractivity contribution in [3.05, 3.63) is 51.2 Å². The van der Waals surface area contributed by atoms with Gasteiger partial charge < -0.3 is 11.1 Å². The molecule has 21 heavy (non-hydrogen) atoms. The minimum absolute atomic E-state index is 0.0194. The molecule has 112 valence electrons. The summed E-state index contributed by atoms with van der Waals surface area (Å²) in [5.41, 5.74) is 8.61. The Balaban J connectivity index is 2.09. The van der Waals surface area contributed by atoms with E-state index in [0.29, 0.717) is 5.69 Å². The molecule has 2 unspecified atom stereocenters. The zero-order valence-corrected chi connectivity index (χ0v) is 13.8. The Morgan fingerprint density at radius 3 is 2.52 bits per heavy atom. The second-order valence-electron chi connectivity index (χ2n) is 5.49. The molecule has 0 saturated heterocycles. The van der Waals surface area contributed by atoms with E-state index in [1.807, 2.05) is 38.1 Å². The van der Waals surface area contributed by atoms with Gasteiger partial charge in [0.05, 0.1) is 12.0 Å². The fourth-order valence-electron chi connectivity index (χ4n) is 2.48. The summed E-state index contributed by atoms with van der Waals surface area (Å²) in [7, 11) is 0. The van der Waals surface area contributed by atoms with Gasteiger partial charge >= 0.3 is 0 Å². The SMILES string of the molecule is Cc1cc(C(C)NC(=O)C(C)c2cccc(N)c2)c(C)s1. The van der Waals surface area contributed by atoms with Crippen LogP contribution in [0.15, 0.2) is 30.3 Å². The maximum Gasteiger partial charge on any atom is 0.227 e. The summed E-state index contributed by atoms with van der Waals surface area (Å²) in [5, 5.41) is 3.09. The van der Waals surface area contributed by atoms with Gasteiger partial charge in [-0.25, -0.2) is 0 Å². The van der Waals surface area contributed by atoms with Crippen LogP contribution < -0.4 is 11.1 Å². The van der Waals surface area contributed by atoms with Crippen LogP contribution in [0.25, 0.3) is 0 Å². The van der Waals surface area contributed by atoms with E-state index < -0.39 is 0 Å². The smallest absolute Gasteiger partial charge is 0.227 e. The number of carbonyl (C=O) groups excluding carboxylic acids is 1. The van der Waals surface area contributed by atoms with Crippen molar-refractivity contribution in [3.8, 4) is 0 Å². The molecule has 0 fully saturated rings. The molecule has 1 aromatic heterocycles. The van der Waals surface area contributed by atoms with Crippen molar-refractivity contribution in [2.75, 3.05) is 5.73 Å². The number of nitrogens with one attached hydrogen (secondary N) is 1. The minimum Gasteiger partial charge on any atom is -0.399 e. The van der Waals surface area contributed by atoms with Gasteiger partial charge in [0.15, 0.2) is 0 Å². The lowest BCUT2D eigenvalue weighted by Gasteiger charge is -2.18. The minimum atomic E-state index is -0.212. The summed E-state index contributed by atoms with van der Waals surface area (Å²) in [4.78, 5) is 14.9. The third kappa shape index (κ3) is 3.64. The first-order valence-electron chi connectivity index (χ1n) is 7.11. The topological polar surface area (TPSA) is 55.1 Å². The van der Waals surface area contributed by atoms with Crippen LogP contribution in [0, 0.1) is 13.8 Å². The first-order valence-corrected chi connectivity index (χ1v) is 7.93. The molecule has 0 radical (unpaired) electrons. The predicted octanol–water partition coefficient (Wildman–Crippen LogP) is 3.93. The highest BCUT2D eigenvalue weighted by molar-refractivity contribution is 7.12. The Morgan fingerprint density at radius 1 is 1.24 bits per heavy atom. The van der Waals surface area contributed by atoms with E-state index in [1.165, 1.54) is 15.3 Å². The number of anilines is 1. The largest absolute Gasteiger partial charge is 0.399 e. The number of nitrogens with two attached hydrogens (primary N) is 1. The molecule has 0 saturated carbocycles.